The van der Waals surface area contributed by atoms with Crippen molar-refractivity contribution in [3.63, 3.8) is 0 Å². The van der Waals surface area contributed by atoms with E-state index in [1.165, 1.54) is 4.68 Å². The SMILES string of the molecule is CCn1nc(N)c(C#N)c1N. The van der Waals surface area contributed by atoms with Crippen molar-refractivity contribution >= 4 is 11.6 Å². The fraction of sp³-hybridized carbons (Fsp3) is 0.333. The Morgan fingerprint density at radius 3 is 2.55 bits per heavy atom. The van der Waals surface area contributed by atoms with Gasteiger partial charge in [0, 0.05) is 6.54 Å². The van der Waals surface area contributed by atoms with Gasteiger partial charge in [0.15, 0.2) is 5.82 Å². The fourth-order valence-electron chi connectivity index (χ4n) is 0.850. The van der Waals surface area contributed by atoms with E-state index >= 15 is 0 Å². The molecule has 1 rings (SSSR count). The summed E-state index contributed by atoms with van der Waals surface area (Å²) in [5, 5.41) is 12.4. The lowest BCUT2D eigenvalue weighted by atomic mass is 10.3. The molecule has 0 fully saturated rings. The molecule has 4 N–H and O–H groups in total. The summed E-state index contributed by atoms with van der Waals surface area (Å²) >= 11 is 0. The van der Waals surface area contributed by atoms with Crippen molar-refractivity contribution < 1.29 is 0 Å². The van der Waals surface area contributed by atoms with Gasteiger partial charge in [-0.2, -0.15) is 10.4 Å². The molecule has 5 heteroatoms. The number of hydrogen-bond donors (Lipinski definition) is 2. The second-order valence-corrected chi connectivity index (χ2v) is 2.07. The molecule has 1 aromatic rings. The van der Waals surface area contributed by atoms with Gasteiger partial charge in [0.05, 0.1) is 0 Å². The maximum atomic E-state index is 8.54. The van der Waals surface area contributed by atoms with Crippen LogP contribution in [0.25, 0.3) is 0 Å². The van der Waals surface area contributed by atoms with Crippen LogP contribution in [0.5, 0.6) is 0 Å². The number of nitriles is 1. The molecule has 0 radical (unpaired) electrons. The highest BCUT2D eigenvalue weighted by molar-refractivity contribution is 5.61. The van der Waals surface area contributed by atoms with Crippen molar-refractivity contribution in [1.82, 2.24) is 9.78 Å². The molecule has 0 aliphatic carbocycles. The van der Waals surface area contributed by atoms with E-state index in [-0.39, 0.29) is 11.4 Å². The third-order valence-corrected chi connectivity index (χ3v) is 1.43. The first kappa shape index (κ1) is 7.41. The molecule has 0 saturated heterocycles. The fourth-order valence-corrected chi connectivity index (χ4v) is 0.850. The third kappa shape index (κ3) is 0.984. The van der Waals surface area contributed by atoms with Gasteiger partial charge in [-0.3, -0.25) is 0 Å². The lowest BCUT2D eigenvalue weighted by Gasteiger charge is -1.95. The van der Waals surface area contributed by atoms with Crippen LogP contribution in [0.15, 0.2) is 0 Å². The molecule has 1 heterocycles. The molecule has 58 valence electrons. The molecule has 0 bridgehead atoms. The molecular weight excluding hydrogens is 142 g/mol. The number of rotatable bonds is 1. The van der Waals surface area contributed by atoms with E-state index in [4.69, 9.17) is 16.7 Å². The van der Waals surface area contributed by atoms with E-state index in [9.17, 15) is 0 Å². The Labute approximate surface area is 64.2 Å². The molecule has 0 aliphatic rings. The summed E-state index contributed by atoms with van der Waals surface area (Å²) in [7, 11) is 0. The molecule has 0 amide bonds. The maximum Gasteiger partial charge on any atom is 0.165 e. The monoisotopic (exact) mass is 151 g/mol. The minimum Gasteiger partial charge on any atom is -0.383 e. The first-order valence-electron chi connectivity index (χ1n) is 3.22. The predicted molar refractivity (Wildman–Crippen MR) is 41.4 cm³/mol. The molecule has 11 heavy (non-hydrogen) atoms. The first-order valence-corrected chi connectivity index (χ1v) is 3.22. The molecular formula is C6H9N5. The average Bonchev–Trinajstić information content (AvgIpc) is 2.26. The van der Waals surface area contributed by atoms with Crippen LogP contribution in [0.1, 0.15) is 12.5 Å². The highest BCUT2D eigenvalue weighted by Gasteiger charge is 2.10. The van der Waals surface area contributed by atoms with E-state index in [2.05, 4.69) is 5.10 Å². The van der Waals surface area contributed by atoms with Crippen LogP contribution in [0, 0.1) is 11.3 Å². The van der Waals surface area contributed by atoms with E-state index in [0.29, 0.717) is 12.4 Å². The van der Waals surface area contributed by atoms with Gasteiger partial charge in [0.2, 0.25) is 0 Å². The van der Waals surface area contributed by atoms with Crippen molar-refractivity contribution in [2.75, 3.05) is 11.5 Å². The number of nitrogens with two attached hydrogens (primary N) is 2. The zero-order valence-corrected chi connectivity index (χ0v) is 6.20. The van der Waals surface area contributed by atoms with Gasteiger partial charge in [0.1, 0.15) is 17.5 Å². The molecule has 0 aliphatic heterocycles. The summed E-state index contributed by atoms with van der Waals surface area (Å²) in [5.74, 6) is 0.541. The van der Waals surface area contributed by atoms with E-state index in [0.717, 1.165) is 0 Å². The molecule has 5 nitrogen and oxygen atoms in total. The van der Waals surface area contributed by atoms with Crippen LogP contribution < -0.4 is 11.5 Å². The second kappa shape index (κ2) is 2.50. The standard InChI is InChI=1S/C6H9N5/c1-2-11-6(9)4(3-7)5(8)10-11/h2,9H2,1H3,(H2,8,10). The van der Waals surface area contributed by atoms with Crippen LogP contribution >= 0.6 is 0 Å². The minimum absolute atomic E-state index is 0.201. The van der Waals surface area contributed by atoms with Crippen molar-refractivity contribution in [3.05, 3.63) is 5.56 Å². The van der Waals surface area contributed by atoms with E-state index < -0.39 is 0 Å². The van der Waals surface area contributed by atoms with Crippen molar-refractivity contribution in [3.8, 4) is 6.07 Å². The van der Waals surface area contributed by atoms with Gasteiger partial charge in [-0.1, -0.05) is 0 Å². The number of anilines is 2. The predicted octanol–water partition coefficient (Wildman–Crippen LogP) is -0.0609. The van der Waals surface area contributed by atoms with Crippen molar-refractivity contribution in [2.24, 2.45) is 0 Å². The molecule has 0 atom stereocenters. The van der Waals surface area contributed by atoms with Crippen LogP contribution in [-0.4, -0.2) is 9.78 Å². The number of nitrogens with zero attached hydrogens (tertiary/aromatic N) is 3. The number of aryl methyl sites for hydroxylation is 1. The van der Waals surface area contributed by atoms with Gasteiger partial charge in [-0.15, -0.1) is 0 Å². The van der Waals surface area contributed by atoms with Crippen LogP contribution in [0.3, 0.4) is 0 Å². The quantitative estimate of drug-likeness (QED) is 0.587. The van der Waals surface area contributed by atoms with Crippen molar-refractivity contribution in [1.29, 1.82) is 5.26 Å². The highest BCUT2D eigenvalue weighted by atomic mass is 15.3. The largest absolute Gasteiger partial charge is 0.383 e. The Hall–Kier alpha value is -1.70. The van der Waals surface area contributed by atoms with E-state index in [1.54, 1.807) is 0 Å². The zero-order valence-electron chi connectivity index (χ0n) is 6.20. The zero-order chi connectivity index (χ0) is 8.43. The highest BCUT2D eigenvalue weighted by Crippen LogP contribution is 2.16. The summed E-state index contributed by atoms with van der Waals surface area (Å²) in [6.45, 7) is 2.50. The summed E-state index contributed by atoms with van der Waals surface area (Å²) in [5.41, 5.74) is 11.2. The summed E-state index contributed by atoms with van der Waals surface area (Å²) < 4.78 is 1.49. The number of aromatic nitrogens is 2. The molecule has 0 saturated carbocycles. The van der Waals surface area contributed by atoms with E-state index in [1.807, 2.05) is 13.0 Å². The Morgan fingerprint density at radius 1 is 1.64 bits per heavy atom. The van der Waals surface area contributed by atoms with Crippen LogP contribution in [-0.2, 0) is 6.54 Å². The maximum absolute atomic E-state index is 8.54. The molecule has 1 aromatic heterocycles. The topological polar surface area (TPSA) is 93.6 Å². The Bertz CT molecular complexity index is 306. The first-order chi connectivity index (χ1) is 5.20. The van der Waals surface area contributed by atoms with Gasteiger partial charge >= 0.3 is 0 Å². The van der Waals surface area contributed by atoms with Crippen molar-refractivity contribution in [2.45, 2.75) is 13.5 Å². The minimum atomic E-state index is 0.201. The Balaban J connectivity index is 3.28. The summed E-state index contributed by atoms with van der Waals surface area (Å²) in [6.07, 6.45) is 0. The smallest absolute Gasteiger partial charge is 0.165 e. The van der Waals surface area contributed by atoms with Gasteiger partial charge in [-0.05, 0) is 6.92 Å². The van der Waals surface area contributed by atoms with Gasteiger partial charge < -0.3 is 11.5 Å². The van der Waals surface area contributed by atoms with Gasteiger partial charge in [0.25, 0.3) is 0 Å². The summed E-state index contributed by atoms with van der Waals surface area (Å²) in [6, 6.07) is 1.88. The molecule has 0 aromatic carbocycles. The molecule has 0 unspecified atom stereocenters. The third-order valence-electron chi connectivity index (χ3n) is 1.43. The Kier molecular flexibility index (Phi) is 1.68. The normalized spacial score (nSPS) is 9.45. The lowest BCUT2D eigenvalue weighted by molar-refractivity contribution is 0.673. The number of nitrogen functional groups attached to an aromatic ring is 2. The van der Waals surface area contributed by atoms with Crippen LogP contribution in [0.4, 0.5) is 11.6 Å². The average molecular weight is 151 g/mol. The molecule has 0 spiro atoms. The second-order valence-electron chi connectivity index (χ2n) is 2.07. The van der Waals surface area contributed by atoms with Crippen LogP contribution in [0.2, 0.25) is 0 Å². The Morgan fingerprint density at radius 2 is 2.27 bits per heavy atom. The van der Waals surface area contributed by atoms with Gasteiger partial charge in [-0.25, -0.2) is 4.68 Å². The lowest BCUT2D eigenvalue weighted by Crippen LogP contribution is -2.02. The summed E-state index contributed by atoms with van der Waals surface area (Å²) in [4.78, 5) is 0. The number of hydrogen-bond acceptors (Lipinski definition) is 4.